The number of nitrogens with zero attached hydrogens (tertiary/aromatic N) is 3. The minimum absolute atomic E-state index is 0.129. The maximum Gasteiger partial charge on any atom is 0.328 e. The van der Waals surface area contributed by atoms with Crippen LogP contribution in [0.3, 0.4) is 0 Å². The van der Waals surface area contributed by atoms with Gasteiger partial charge >= 0.3 is 5.00 Å². The SMILES string of the molecule is CNc1ccc(CC(SOc2ccc(N(CCCl)CCCl)cc2)c2ccsc2[N+](=O)[O-])cn1. The number of benzene rings is 1. The molecule has 0 radical (unpaired) electrons. The van der Waals surface area contributed by atoms with Crippen LogP contribution in [0.2, 0.25) is 0 Å². The smallest absolute Gasteiger partial charge is 0.328 e. The van der Waals surface area contributed by atoms with Crippen LogP contribution in [0.5, 0.6) is 5.75 Å². The molecule has 2 heterocycles. The maximum atomic E-state index is 11.5. The van der Waals surface area contributed by atoms with E-state index in [0.29, 0.717) is 42.6 Å². The molecule has 1 unspecified atom stereocenters. The van der Waals surface area contributed by atoms with Crippen molar-refractivity contribution in [2.45, 2.75) is 11.7 Å². The third kappa shape index (κ3) is 7.14. The van der Waals surface area contributed by atoms with Crippen LogP contribution in [0.4, 0.5) is 16.5 Å². The van der Waals surface area contributed by atoms with Gasteiger partial charge in [-0.15, -0.1) is 23.2 Å². The van der Waals surface area contributed by atoms with Gasteiger partial charge < -0.3 is 14.4 Å². The average Bonchev–Trinajstić information content (AvgIpc) is 3.33. The molecule has 0 saturated heterocycles. The summed E-state index contributed by atoms with van der Waals surface area (Å²) in [7, 11) is 1.80. The lowest BCUT2D eigenvalue weighted by molar-refractivity contribution is -0.380. The second-order valence-corrected chi connectivity index (χ2v) is 9.55. The minimum atomic E-state index is -0.340. The molecular formula is C22H24Cl2N4O3S2. The van der Waals surface area contributed by atoms with Crippen molar-refractivity contribution in [3.8, 4) is 5.75 Å². The van der Waals surface area contributed by atoms with Crippen LogP contribution in [0.15, 0.2) is 54.0 Å². The number of thiophene rings is 1. The lowest BCUT2D eigenvalue weighted by Crippen LogP contribution is -2.27. The molecule has 0 amide bonds. The summed E-state index contributed by atoms with van der Waals surface area (Å²) in [5.74, 6) is 2.44. The molecule has 33 heavy (non-hydrogen) atoms. The van der Waals surface area contributed by atoms with E-state index in [2.05, 4.69) is 15.2 Å². The van der Waals surface area contributed by atoms with Gasteiger partial charge in [0.05, 0.1) is 27.8 Å². The van der Waals surface area contributed by atoms with Gasteiger partial charge in [-0.25, -0.2) is 4.98 Å². The van der Waals surface area contributed by atoms with Crippen LogP contribution in [0.25, 0.3) is 0 Å². The number of nitro groups is 1. The highest BCUT2D eigenvalue weighted by Crippen LogP contribution is 2.41. The molecule has 0 aliphatic heterocycles. The highest BCUT2D eigenvalue weighted by Gasteiger charge is 2.26. The summed E-state index contributed by atoms with van der Waals surface area (Å²) >= 11 is 14.1. The number of hydrogen-bond acceptors (Lipinski definition) is 8. The molecule has 0 aliphatic carbocycles. The molecule has 1 atom stereocenters. The Labute approximate surface area is 211 Å². The predicted molar refractivity (Wildman–Crippen MR) is 140 cm³/mol. The number of nitrogens with one attached hydrogen (secondary N) is 1. The van der Waals surface area contributed by atoms with Crippen molar-refractivity contribution in [3.63, 3.8) is 0 Å². The van der Waals surface area contributed by atoms with E-state index < -0.39 is 0 Å². The molecular weight excluding hydrogens is 503 g/mol. The summed E-state index contributed by atoms with van der Waals surface area (Å²) in [5.41, 5.74) is 2.61. The van der Waals surface area contributed by atoms with Crippen molar-refractivity contribution in [1.29, 1.82) is 0 Å². The second-order valence-electron chi connectivity index (χ2n) is 6.97. The Morgan fingerprint density at radius 1 is 1.18 bits per heavy atom. The fourth-order valence-corrected chi connectivity index (χ4v) is 5.36. The van der Waals surface area contributed by atoms with Gasteiger partial charge in [0, 0.05) is 43.8 Å². The summed E-state index contributed by atoms with van der Waals surface area (Å²) in [4.78, 5) is 17.6. The molecule has 7 nitrogen and oxygen atoms in total. The van der Waals surface area contributed by atoms with Crippen molar-refractivity contribution in [3.05, 3.63) is 75.3 Å². The van der Waals surface area contributed by atoms with Gasteiger partial charge in [-0.05, 0) is 53.8 Å². The Morgan fingerprint density at radius 2 is 1.91 bits per heavy atom. The first-order valence-electron chi connectivity index (χ1n) is 10.2. The Kier molecular flexibility index (Phi) is 9.93. The molecule has 1 N–H and O–H groups in total. The zero-order valence-corrected chi connectivity index (χ0v) is 21.1. The van der Waals surface area contributed by atoms with Crippen LogP contribution < -0.4 is 14.4 Å². The molecule has 0 aliphatic rings. The van der Waals surface area contributed by atoms with E-state index in [0.717, 1.165) is 28.4 Å². The van der Waals surface area contributed by atoms with E-state index in [-0.39, 0.29) is 15.2 Å². The molecule has 11 heteroatoms. The zero-order valence-electron chi connectivity index (χ0n) is 17.9. The van der Waals surface area contributed by atoms with Crippen molar-refractivity contribution in [1.82, 2.24) is 4.98 Å². The van der Waals surface area contributed by atoms with Gasteiger partial charge in [-0.1, -0.05) is 17.4 Å². The quantitative estimate of drug-likeness (QED) is 0.119. The van der Waals surface area contributed by atoms with Gasteiger partial charge in [-0.3, -0.25) is 10.1 Å². The summed E-state index contributed by atoms with van der Waals surface area (Å²) in [6.07, 6.45) is 2.31. The Morgan fingerprint density at radius 3 is 2.48 bits per heavy atom. The van der Waals surface area contributed by atoms with Crippen molar-refractivity contribution in [2.24, 2.45) is 0 Å². The minimum Gasteiger partial charge on any atom is -0.425 e. The molecule has 0 bridgehead atoms. The first-order chi connectivity index (χ1) is 16.0. The molecule has 0 saturated carbocycles. The van der Waals surface area contributed by atoms with E-state index in [1.165, 1.54) is 12.0 Å². The monoisotopic (exact) mass is 526 g/mol. The van der Waals surface area contributed by atoms with Crippen LogP contribution in [0.1, 0.15) is 16.4 Å². The van der Waals surface area contributed by atoms with Crippen LogP contribution in [-0.4, -0.2) is 41.8 Å². The van der Waals surface area contributed by atoms with Gasteiger partial charge in [0.1, 0.15) is 11.6 Å². The van der Waals surface area contributed by atoms with Gasteiger partial charge in [0.25, 0.3) is 0 Å². The fraction of sp³-hybridized carbons (Fsp3) is 0.318. The number of rotatable bonds is 13. The molecule has 2 aromatic heterocycles. The molecule has 176 valence electrons. The summed E-state index contributed by atoms with van der Waals surface area (Å²) in [6, 6.07) is 13.3. The summed E-state index contributed by atoms with van der Waals surface area (Å²) in [5, 5.41) is 16.1. The molecule has 3 aromatic rings. The summed E-state index contributed by atoms with van der Waals surface area (Å²) < 4.78 is 5.99. The van der Waals surface area contributed by atoms with Crippen LogP contribution in [-0.2, 0) is 6.42 Å². The average molecular weight is 527 g/mol. The van der Waals surface area contributed by atoms with Gasteiger partial charge in [0.2, 0.25) is 0 Å². The highest BCUT2D eigenvalue weighted by atomic mass is 35.5. The lowest BCUT2D eigenvalue weighted by atomic mass is 10.1. The number of halogens is 2. The van der Waals surface area contributed by atoms with Crippen molar-refractivity contribution < 1.29 is 9.11 Å². The normalized spacial score (nSPS) is 11.7. The van der Waals surface area contributed by atoms with Gasteiger partial charge in [0.15, 0.2) is 0 Å². The standard InChI is InChI=1S/C22H24Cl2N4O3S2/c1-25-21-7-2-16(15-26-21)14-20(19-8-13-32-22(19)28(29)30)33-31-18-5-3-17(4-6-18)27(11-9-23)12-10-24/h2-8,13,15,20H,9-12,14H2,1H3,(H,25,26). The highest BCUT2D eigenvalue weighted by molar-refractivity contribution is 7.95. The predicted octanol–water partition coefficient (Wildman–Crippen LogP) is 6.39. The fourth-order valence-electron chi connectivity index (χ4n) is 3.21. The molecule has 0 fully saturated rings. The largest absolute Gasteiger partial charge is 0.425 e. The van der Waals surface area contributed by atoms with Crippen molar-refractivity contribution in [2.75, 3.05) is 42.1 Å². The topological polar surface area (TPSA) is 80.5 Å². The van der Waals surface area contributed by atoms with Crippen LogP contribution in [0, 0.1) is 10.1 Å². The first kappa shape index (κ1) is 25.4. The van der Waals surface area contributed by atoms with E-state index in [9.17, 15) is 10.1 Å². The number of aromatic nitrogens is 1. The third-order valence-electron chi connectivity index (χ3n) is 4.86. The van der Waals surface area contributed by atoms with E-state index >= 15 is 0 Å². The molecule has 0 spiro atoms. The van der Waals surface area contributed by atoms with E-state index in [1.54, 1.807) is 24.7 Å². The van der Waals surface area contributed by atoms with Crippen molar-refractivity contribution >= 4 is 63.1 Å². The van der Waals surface area contributed by atoms with E-state index in [1.807, 2.05) is 36.4 Å². The van der Waals surface area contributed by atoms with Crippen LogP contribution >= 0.6 is 46.6 Å². The third-order valence-corrected chi connectivity index (χ3v) is 7.02. The Hall–Kier alpha value is -2.20. The zero-order chi connectivity index (χ0) is 23.6. The molecule has 3 rings (SSSR count). The second kappa shape index (κ2) is 12.9. The number of hydrogen-bond donors (Lipinski definition) is 1. The number of anilines is 2. The lowest BCUT2D eigenvalue weighted by Gasteiger charge is -2.23. The maximum absolute atomic E-state index is 11.5. The Bertz CT molecular complexity index is 1010. The Balaban J connectivity index is 1.75. The number of pyridine rings is 1. The first-order valence-corrected chi connectivity index (χ1v) is 13.0. The molecule has 1 aromatic carbocycles. The summed E-state index contributed by atoms with van der Waals surface area (Å²) in [6.45, 7) is 1.40. The van der Waals surface area contributed by atoms with E-state index in [4.69, 9.17) is 27.4 Å². The van der Waals surface area contributed by atoms with Gasteiger partial charge in [-0.2, -0.15) is 0 Å². The number of alkyl halides is 2.